The Balaban J connectivity index is 1.95. The molecule has 3 rings (SSSR count). The van der Waals surface area contributed by atoms with Crippen LogP contribution in [0.15, 0.2) is 89.7 Å². The number of rotatable bonds is 5. The molecule has 1 aromatic rings. The molecule has 0 radical (unpaired) electrons. The van der Waals surface area contributed by atoms with Crippen molar-refractivity contribution in [2.24, 2.45) is 11.5 Å². The highest BCUT2D eigenvalue weighted by atomic mass is 32.1. The summed E-state index contributed by atoms with van der Waals surface area (Å²) in [5.41, 5.74) is 18.5. The molecule has 0 saturated heterocycles. The highest BCUT2D eigenvalue weighted by Gasteiger charge is 2.31. The van der Waals surface area contributed by atoms with Crippen molar-refractivity contribution in [3.63, 3.8) is 0 Å². The fourth-order valence-electron chi connectivity index (χ4n) is 3.83. The quantitative estimate of drug-likeness (QED) is 0.558. The fraction of sp³-hybridized carbons (Fsp3) is 0.261. The summed E-state index contributed by atoms with van der Waals surface area (Å²) in [7, 11) is 0. The van der Waals surface area contributed by atoms with Gasteiger partial charge in [0.05, 0.1) is 11.7 Å². The molecule has 0 saturated carbocycles. The molecule has 6 heteroatoms. The molecule has 1 aliphatic carbocycles. The van der Waals surface area contributed by atoms with Crippen LogP contribution in [0.4, 0.5) is 0 Å². The van der Waals surface area contributed by atoms with E-state index in [9.17, 15) is 0 Å². The minimum Gasteiger partial charge on any atom is -0.403 e. The predicted molar refractivity (Wildman–Crippen MR) is 124 cm³/mol. The number of hydrogen-bond donors (Lipinski definition) is 4. The summed E-state index contributed by atoms with van der Waals surface area (Å²) in [6.45, 7) is 7.43. The summed E-state index contributed by atoms with van der Waals surface area (Å²) >= 11 is 5.34. The molecule has 1 aliphatic heterocycles. The van der Waals surface area contributed by atoms with Crippen LogP contribution in [-0.4, -0.2) is 16.6 Å². The van der Waals surface area contributed by atoms with Crippen molar-refractivity contribution in [1.82, 2.24) is 15.5 Å². The van der Waals surface area contributed by atoms with Gasteiger partial charge in [-0.1, -0.05) is 54.6 Å². The minimum absolute atomic E-state index is 0.108. The van der Waals surface area contributed by atoms with E-state index < -0.39 is 0 Å². The van der Waals surface area contributed by atoms with Crippen molar-refractivity contribution >= 4 is 17.3 Å². The Morgan fingerprint density at radius 2 is 2.03 bits per heavy atom. The Labute approximate surface area is 178 Å². The second kappa shape index (κ2) is 9.47. The number of hydrogen-bond acceptors (Lipinski definition) is 4. The van der Waals surface area contributed by atoms with Gasteiger partial charge in [0, 0.05) is 36.8 Å². The summed E-state index contributed by atoms with van der Waals surface area (Å²) < 4.78 is 0. The molecule has 0 bridgehead atoms. The van der Waals surface area contributed by atoms with Gasteiger partial charge >= 0.3 is 0 Å². The van der Waals surface area contributed by atoms with Gasteiger partial charge in [0.15, 0.2) is 5.11 Å². The Morgan fingerprint density at radius 1 is 1.28 bits per heavy atom. The lowest BCUT2D eigenvalue weighted by atomic mass is 9.91. The molecule has 2 aliphatic rings. The minimum atomic E-state index is -0.108. The Hall–Kier alpha value is -2.99. The Kier molecular flexibility index (Phi) is 6.77. The molecular formula is C23H29N5S. The van der Waals surface area contributed by atoms with E-state index in [1.54, 1.807) is 6.20 Å². The molecule has 1 heterocycles. The van der Waals surface area contributed by atoms with E-state index in [2.05, 4.69) is 53.3 Å². The van der Waals surface area contributed by atoms with E-state index in [1.165, 1.54) is 17.3 Å². The number of benzene rings is 1. The predicted octanol–water partition coefficient (Wildman–Crippen LogP) is 3.68. The molecule has 6 N–H and O–H groups in total. The SMILES string of the molecule is C=C(C1=C(C)CCC=C1)N1CCC(NC(=S)N/C=C\N)=C(N)C1c1ccccc1. The third-order valence-electron chi connectivity index (χ3n) is 5.34. The Bertz CT molecular complexity index is 895. The third kappa shape index (κ3) is 4.71. The average Bonchev–Trinajstić information content (AvgIpc) is 2.74. The van der Waals surface area contributed by atoms with E-state index in [0.717, 1.165) is 48.5 Å². The first kappa shape index (κ1) is 20.7. The number of nitrogens with zero attached hydrogens (tertiary/aromatic N) is 1. The second-order valence-electron chi connectivity index (χ2n) is 7.23. The highest BCUT2D eigenvalue weighted by Crippen LogP contribution is 2.38. The van der Waals surface area contributed by atoms with Gasteiger partial charge in [0.1, 0.15) is 0 Å². The first-order valence-electron chi connectivity index (χ1n) is 9.83. The molecular weight excluding hydrogens is 378 g/mol. The van der Waals surface area contributed by atoms with Crippen LogP contribution >= 0.6 is 12.2 Å². The molecule has 152 valence electrons. The standard InChI is InChI=1S/C23H29N5S/c1-16-8-6-7-11-19(16)17(2)28-15-12-20(27-23(29)26-14-13-24)21(25)22(28)18-9-4-3-5-10-18/h3-5,7,9-11,13-14,22H,2,6,8,12,15,24-25H2,1H3,(H2,26,27,29)/b14-13-. The van der Waals surface area contributed by atoms with Gasteiger partial charge in [-0.15, -0.1) is 0 Å². The van der Waals surface area contributed by atoms with Crippen molar-refractivity contribution < 1.29 is 0 Å². The molecule has 0 fully saturated rings. The maximum Gasteiger partial charge on any atom is 0.174 e. The van der Waals surface area contributed by atoms with Crippen molar-refractivity contribution in [2.75, 3.05) is 6.54 Å². The van der Waals surface area contributed by atoms with Crippen LogP contribution in [0, 0.1) is 0 Å². The van der Waals surface area contributed by atoms with Crippen LogP contribution in [0.3, 0.4) is 0 Å². The van der Waals surface area contributed by atoms with Crippen LogP contribution < -0.4 is 22.1 Å². The summed E-state index contributed by atoms with van der Waals surface area (Å²) in [6.07, 6.45) is 10.3. The van der Waals surface area contributed by atoms with Crippen molar-refractivity contribution in [1.29, 1.82) is 0 Å². The second-order valence-corrected chi connectivity index (χ2v) is 7.64. The van der Waals surface area contributed by atoms with Crippen molar-refractivity contribution in [2.45, 2.75) is 32.2 Å². The summed E-state index contributed by atoms with van der Waals surface area (Å²) in [5, 5.41) is 6.63. The maximum atomic E-state index is 6.69. The fourth-order valence-corrected chi connectivity index (χ4v) is 4.02. The zero-order valence-corrected chi connectivity index (χ0v) is 17.6. The van der Waals surface area contributed by atoms with E-state index >= 15 is 0 Å². The molecule has 5 nitrogen and oxygen atoms in total. The monoisotopic (exact) mass is 407 g/mol. The number of nitrogens with one attached hydrogen (secondary N) is 2. The number of allylic oxidation sites excluding steroid dienone is 3. The number of thiocarbonyl (C=S) groups is 1. The van der Waals surface area contributed by atoms with Crippen molar-refractivity contribution in [3.8, 4) is 0 Å². The van der Waals surface area contributed by atoms with Gasteiger partial charge in [-0.05, 0) is 43.1 Å². The summed E-state index contributed by atoms with van der Waals surface area (Å²) in [4.78, 5) is 2.31. The molecule has 1 atom stereocenters. The lowest BCUT2D eigenvalue weighted by molar-refractivity contribution is 0.271. The summed E-state index contributed by atoms with van der Waals surface area (Å²) in [6, 6.07) is 10.2. The van der Waals surface area contributed by atoms with E-state index in [1.807, 2.05) is 18.2 Å². The smallest absolute Gasteiger partial charge is 0.174 e. The number of nitrogens with two attached hydrogens (primary N) is 2. The molecule has 0 amide bonds. The Morgan fingerprint density at radius 3 is 2.72 bits per heavy atom. The first-order valence-corrected chi connectivity index (χ1v) is 10.2. The van der Waals surface area contributed by atoms with E-state index in [0.29, 0.717) is 5.11 Å². The lowest BCUT2D eigenvalue weighted by Crippen LogP contribution is -2.42. The first-order chi connectivity index (χ1) is 14.0. The van der Waals surface area contributed by atoms with Gasteiger partial charge in [-0.25, -0.2) is 0 Å². The highest BCUT2D eigenvalue weighted by molar-refractivity contribution is 7.80. The van der Waals surface area contributed by atoms with Crippen LogP contribution in [0.25, 0.3) is 0 Å². The van der Waals surface area contributed by atoms with Gasteiger partial charge in [-0.2, -0.15) is 0 Å². The van der Waals surface area contributed by atoms with Crippen LogP contribution in [0.2, 0.25) is 0 Å². The molecule has 1 unspecified atom stereocenters. The van der Waals surface area contributed by atoms with Crippen LogP contribution in [-0.2, 0) is 0 Å². The lowest BCUT2D eigenvalue weighted by Gasteiger charge is -2.41. The topological polar surface area (TPSA) is 79.3 Å². The van der Waals surface area contributed by atoms with Crippen molar-refractivity contribution in [3.05, 3.63) is 95.3 Å². The van der Waals surface area contributed by atoms with E-state index in [4.69, 9.17) is 23.7 Å². The maximum absolute atomic E-state index is 6.69. The molecule has 0 spiro atoms. The molecule has 29 heavy (non-hydrogen) atoms. The van der Waals surface area contributed by atoms with Gasteiger partial charge in [0.25, 0.3) is 0 Å². The average molecular weight is 408 g/mol. The zero-order chi connectivity index (χ0) is 20.8. The summed E-state index contributed by atoms with van der Waals surface area (Å²) in [5.74, 6) is 0. The molecule has 1 aromatic carbocycles. The van der Waals surface area contributed by atoms with Gasteiger partial charge < -0.3 is 27.0 Å². The third-order valence-corrected chi connectivity index (χ3v) is 5.56. The zero-order valence-electron chi connectivity index (χ0n) is 16.8. The largest absolute Gasteiger partial charge is 0.403 e. The van der Waals surface area contributed by atoms with Crippen LogP contribution in [0.5, 0.6) is 0 Å². The van der Waals surface area contributed by atoms with Gasteiger partial charge in [-0.3, -0.25) is 0 Å². The normalized spacial score (nSPS) is 19.6. The van der Waals surface area contributed by atoms with Gasteiger partial charge in [0.2, 0.25) is 0 Å². The van der Waals surface area contributed by atoms with E-state index in [-0.39, 0.29) is 6.04 Å². The van der Waals surface area contributed by atoms with Crippen LogP contribution in [0.1, 0.15) is 37.8 Å². The molecule has 0 aromatic heterocycles.